The summed E-state index contributed by atoms with van der Waals surface area (Å²) in [5.41, 5.74) is -0.422. The van der Waals surface area contributed by atoms with E-state index in [2.05, 4.69) is 25.7 Å². The summed E-state index contributed by atoms with van der Waals surface area (Å²) >= 11 is 0. The number of hydrogen-bond donors (Lipinski definition) is 1. The summed E-state index contributed by atoms with van der Waals surface area (Å²) in [6.45, 7) is 10.1. The third-order valence-electron chi connectivity index (χ3n) is 2.33. The summed E-state index contributed by atoms with van der Waals surface area (Å²) in [6.07, 6.45) is 0. The SMILES string of the molecule is CC(C)C(C)C(C)(C)OO. The predicted molar refractivity (Wildman–Crippen MR) is 41.8 cm³/mol. The van der Waals surface area contributed by atoms with E-state index in [9.17, 15) is 0 Å². The molecule has 0 saturated heterocycles. The maximum atomic E-state index is 8.51. The highest BCUT2D eigenvalue weighted by molar-refractivity contribution is 4.76. The largest absolute Gasteiger partial charge is 0.251 e. The Bertz CT molecular complexity index is 97.4. The molecule has 0 rings (SSSR count). The third kappa shape index (κ3) is 2.27. The summed E-state index contributed by atoms with van der Waals surface area (Å²) < 4.78 is 0. The first kappa shape index (κ1) is 9.92. The highest BCUT2D eigenvalue weighted by Crippen LogP contribution is 2.26. The minimum atomic E-state index is -0.422. The van der Waals surface area contributed by atoms with Crippen LogP contribution in [0, 0.1) is 11.8 Å². The van der Waals surface area contributed by atoms with Crippen molar-refractivity contribution in [1.82, 2.24) is 0 Å². The molecule has 1 atom stereocenters. The second-order valence-electron chi connectivity index (χ2n) is 3.73. The van der Waals surface area contributed by atoms with E-state index in [0.717, 1.165) is 0 Å². The molecule has 0 heterocycles. The Morgan fingerprint density at radius 1 is 1.20 bits per heavy atom. The average Bonchev–Trinajstić information content (AvgIpc) is 1.86. The fraction of sp³-hybridized carbons (Fsp3) is 1.00. The van der Waals surface area contributed by atoms with Crippen LogP contribution in [0.1, 0.15) is 34.6 Å². The van der Waals surface area contributed by atoms with Crippen molar-refractivity contribution in [2.75, 3.05) is 0 Å². The highest BCUT2D eigenvalue weighted by atomic mass is 17.1. The average molecular weight is 146 g/mol. The van der Waals surface area contributed by atoms with Gasteiger partial charge in [-0.2, -0.15) is 0 Å². The molecule has 0 spiro atoms. The molecule has 0 bridgehead atoms. The van der Waals surface area contributed by atoms with Gasteiger partial charge < -0.3 is 0 Å². The van der Waals surface area contributed by atoms with E-state index in [-0.39, 0.29) is 0 Å². The predicted octanol–water partition coefficient (Wildman–Crippen LogP) is 2.55. The van der Waals surface area contributed by atoms with Gasteiger partial charge in [-0.15, -0.1) is 0 Å². The standard InChI is InChI=1S/C8H18O2/c1-6(2)7(3)8(4,5)10-9/h6-7,9H,1-5H3. The van der Waals surface area contributed by atoms with Gasteiger partial charge in [-0.25, -0.2) is 4.89 Å². The van der Waals surface area contributed by atoms with Crippen molar-refractivity contribution in [3.05, 3.63) is 0 Å². The Morgan fingerprint density at radius 3 is 1.70 bits per heavy atom. The number of hydrogen-bond acceptors (Lipinski definition) is 2. The Labute approximate surface area is 63.1 Å². The Hall–Kier alpha value is -0.0800. The summed E-state index contributed by atoms with van der Waals surface area (Å²) in [5, 5.41) is 8.51. The summed E-state index contributed by atoms with van der Waals surface area (Å²) in [6, 6.07) is 0. The van der Waals surface area contributed by atoms with Crippen molar-refractivity contribution in [3.63, 3.8) is 0 Å². The minimum Gasteiger partial charge on any atom is -0.251 e. The van der Waals surface area contributed by atoms with Gasteiger partial charge >= 0.3 is 0 Å². The molecule has 0 aromatic rings. The molecule has 0 saturated carbocycles. The normalized spacial score (nSPS) is 15.9. The van der Waals surface area contributed by atoms with Gasteiger partial charge in [-0.1, -0.05) is 20.8 Å². The van der Waals surface area contributed by atoms with E-state index in [1.807, 2.05) is 13.8 Å². The molecule has 10 heavy (non-hydrogen) atoms. The minimum absolute atomic E-state index is 0.359. The van der Waals surface area contributed by atoms with Crippen LogP contribution in [-0.4, -0.2) is 10.9 Å². The van der Waals surface area contributed by atoms with Gasteiger partial charge in [-0.3, -0.25) is 5.26 Å². The molecule has 0 aliphatic rings. The van der Waals surface area contributed by atoms with Crippen molar-refractivity contribution in [2.24, 2.45) is 11.8 Å². The lowest BCUT2D eigenvalue weighted by molar-refractivity contribution is -0.328. The fourth-order valence-electron chi connectivity index (χ4n) is 0.886. The van der Waals surface area contributed by atoms with Gasteiger partial charge in [-0.05, 0) is 25.7 Å². The molecule has 1 N–H and O–H groups in total. The molecule has 0 aliphatic heterocycles. The zero-order valence-electron chi connectivity index (χ0n) is 7.51. The van der Waals surface area contributed by atoms with Crippen LogP contribution in [0.3, 0.4) is 0 Å². The lowest BCUT2D eigenvalue weighted by Gasteiger charge is -2.30. The van der Waals surface area contributed by atoms with Crippen LogP contribution in [0.15, 0.2) is 0 Å². The third-order valence-corrected chi connectivity index (χ3v) is 2.33. The van der Waals surface area contributed by atoms with E-state index in [0.29, 0.717) is 11.8 Å². The first-order valence-electron chi connectivity index (χ1n) is 3.74. The monoisotopic (exact) mass is 146 g/mol. The fourth-order valence-corrected chi connectivity index (χ4v) is 0.886. The Balaban J connectivity index is 4.03. The smallest absolute Gasteiger partial charge is 0.100 e. The molecular weight excluding hydrogens is 128 g/mol. The molecule has 0 aromatic heterocycles. The van der Waals surface area contributed by atoms with E-state index < -0.39 is 5.60 Å². The van der Waals surface area contributed by atoms with Crippen molar-refractivity contribution in [2.45, 2.75) is 40.2 Å². The lowest BCUT2D eigenvalue weighted by Crippen LogP contribution is -2.34. The van der Waals surface area contributed by atoms with E-state index in [4.69, 9.17) is 5.26 Å². The zero-order chi connectivity index (χ0) is 8.36. The maximum Gasteiger partial charge on any atom is 0.100 e. The first-order valence-corrected chi connectivity index (χ1v) is 3.74. The lowest BCUT2D eigenvalue weighted by atomic mass is 9.84. The second-order valence-corrected chi connectivity index (χ2v) is 3.73. The van der Waals surface area contributed by atoms with Crippen LogP contribution in [0.5, 0.6) is 0 Å². The summed E-state index contributed by atoms with van der Waals surface area (Å²) in [4.78, 5) is 4.36. The summed E-state index contributed by atoms with van der Waals surface area (Å²) in [7, 11) is 0. The van der Waals surface area contributed by atoms with Crippen LogP contribution < -0.4 is 0 Å². The number of rotatable bonds is 3. The maximum absolute atomic E-state index is 8.51. The molecular formula is C8H18O2. The van der Waals surface area contributed by atoms with Crippen LogP contribution in [0.2, 0.25) is 0 Å². The van der Waals surface area contributed by atoms with Gasteiger partial charge in [0.2, 0.25) is 0 Å². The van der Waals surface area contributed by atoms with Crippen molar-refractivity contribution >= 4 is 0 Å². The van der Waals surface area contributed by atoms with Gasteiger partial charge in [0, 0.05) is 0 Å². The van der Waals surface area contributed by atoms with Gasteiger partial charge in [0.1, 0.15) is 5.60 Å². The van der Waals surface area contributed by atoms with Crippen molar-refractivity contribution in [3.8, 4) is 0 Å². The Kier molecular flexibility index (Phi) is 3.33. The van der Waals surface area contributed by atoms with Gasteiger partial charge in [0.05, 0.1) is 0 Å². The molecule has 0 aliphatic carbocycles. The molecule has 1 unspecified atom stereocenters. The zero-order valence-corrected chi connectivity index (χ0v) is 7.51. The molecule has 0 radical (unpaired) electrons. The molecule has 2 heteroatoms. The topological polar surface area (TPSA) is 29.5 Å². The van der Waals surface area contributed by atoms with Gasteiger partial charge in [0.25, 0.3) is 0 Å². The highest BCUT2D eigenvalue weighted by Gasteiger charge is 2.29. The van der Waals surface area contributed by atoms with E-state index in [1.165, 1.54) is 0 Å². The quantitative estimate of drug-likeness (QED) is 0.489. The molecule has 0 aromatic carbocycles. The van der Waals surface area contributed by atoms with Crippen LogP contribution in [0.4, 0.5) is 0 Å². The van der Waals surface area contributed by atoms with Gasteiger partial charge in [0.15, 0.2) is 0 Å². The summed E-state index contributed by atoms with van der Waals surface area (Å²) in [5.74, 6) is 0.889. The van der Waals surface area contributed by atoms with E-state index in [1.54, 1.807) is 0 Å². The van der Waals surface area contributed by atoms with Crippen molar-refractivity contribution < 1.29 is 10.1 Å². The second kappa shape index (κ2) is 3.35. The Morgan fingerprint density at radius 2 is 1.60 bits per heavy atom. The van der Waals surface area contributed by atoms with Crippen molar-refractivity contribution in [1.29, 1.82) is 0 Å². The molecule has 0 amide bonds. The van der Waals surface area contributed by atoms with Crippen LogP contribution in [0.25, 0.3) is 0 Å². The first-order chi connectivity index (χ1) is 4.41. The molecule has 2 nitrogen and oxygen atoms in total. The van der Waals surface area contributed by atoms with E-state index >= 15 is 0 Å². The van der Waals surface area contributed by atoms with Crippen LogP contribution >= 0.6 is 0 Å². The van der Waals surface area contributed by atoms with Crippen LogP contribution in [-0.2, 0) is 4.89 Å². The molecule has 62 valence electrons. The molecule has 0 fully saturated rings.